The van der Waals surface area contributed by atoms with Crippen molar-refractivity contribution in [1.82, 2.24) is 5.32 Å². The Labute approximate surface area is 186 Å². The highest BCUT2D eigenvalue weighted by Gasteiger charge is 2.22. The second kappa shape index (κ2) is 8.52. The number of rotatable bonds is 7. The van der Waals surface area contributed by atoms with Gasteiger partial charge in [0.15, 0.2) is 11.5 Å². The van der Waals surface area contributed by atoms with Crippen LogP contribution in [0.4, 0.5) is 0 Å². The summed E-state index contributed by atoms with van der Waals surface area (Å²) in [6.07, 6.45) is 0. The Morgan fingerprint density at radius 3 is 2.47 bits per heavy atom. The summed E-state index contributed by atoms with van der Waals surface area (Å²) in [5.74, 6) is 1.24. The molecule has 0 aromatic heterocycles. The lowest BCUT2D eigenvalue weighted by molar-refractivity contribution is 0.0965. The van der Waals surface area contributed by atoms with Crippen molar-refractivity contribution in [2.24, 2.45) is 5.14 Å². The second-order valence-electron chi connectivity index (χ2n) is 7.21. The summed E-state index contributed by atoms with van der Waals surface area (Å²) < 4.78 is 40.5. The van der Waals surface area contributed by atoms with Gasteiger partial charge in [0.05, 0.1) is 19.1 Å². The summed E-state index contributed by atoms with van der Waals surface area (Å²) in [6, 6.07) is 15.4. The van der Waals surface area contributed by atoms with Gasteiger partial charge in [0.2, 0.25) is 15.8 Å². The van der Waals surface area contributed by atoms with Crippen molar-refractivity contribution in [2.45, 2.75) is 18.0 Å². The molecule has 4 rings (SSSR count). The Morgan fingerprint density at radius 2 is 1.75 bits per heavy atom. The fourth-order valence-corrected chi connectivity index (χ4v) is 4.22. The van der Waals surface area contributed by atoms with Crippen LogP contribution in [0.3, 0.4) is 0 Å². The number of nitrogens with one attached hydrogen (secondary N) is 1. The molecule has 0 saturated heterocycles. The van der Waals surface area contributed by atoms with Crippen LogP contribution in [0.15, 0.2) is 59.5 Å². The van der Waals surface area contributed by atoms with E-state index >= 15 is 0 Å². The van der Waals surface area contributed by atoms with Gasteiger partial charge in [0.1, 0.15) is 6.61 Å². The van der Waals surface area contributed by atoms with E-state index in [0.717, 1.165) is 16.7 Å². The van der Waals surface area contributed by atoms with Crippen LogP contribution in [0.1, 0.15) is 21.5 Å². The van der Waals surface area contributed by atoms with Crippen molar-refractivity contribution in [3.8, 4) is 28.4 Å². The number of amides is 1. The van der Waals surface area contributed by atoms with E-state index in [1.165, 1.54) is 26.4 Å². The number of hydrogen-bond donors (Lipinski definition) is 2. The molecule has 0 aliphatic carbocycles. The monoisotopic (exact) mass is 454 g/mol. The largest absolute Gasteiger partial charge is 0.493 e. The third kappa shape index (κ3) is 4.12. The van der Waals surface area contributed by atoms with Crippen LogP contribution in [0.5, 0.6) is 17.2 Å². The normalized spacial score (nSPS) is 12.8. The number of hydrogen-bond acceptors (Lipinski definition) is 6. The SMILES string of the molecule is COc1ccc(-c2ccc3c(c2)CNC3=O)c(OCc2cccc(S(N)(=O)=O)c2)c1OC. The molecule has 0 bridgehead atoms. The van der Waals surface area contributed by atoms with Gasteiger partial charge >= 0.3 is 0 Å². The van der Waals surface area contributed by atoms with Crippen LogP contribution in [-0.2, 0) is 23.2 Å². The maximum absolute atomic E-state index is 11.9. The Kier molecular flexibility index (Phi) is 5.77. The summed E-state index contributed by atoms with van der Waals surface area (Å²) in [7, 11) is -0.780. The Balaban J connectivity index is 1.74. The van der Waals surface area contributed by atoms with E-state index in [2.05, 4.69) is 5.32 Å². The number of carbonyl (C=O) groups excluding carboxylic acids is 1. The van der Waals surface area contributed by atoms with E-state index in [1.54, 1.807) is 24.3 Å². The summed E-state index contributed by atoms with van der Waals surface area (Å²) in [5.41, 5.74) is 3.75. The van der Waals surface area contributed by atoms with Crippen LogP contribution in [0.2, 0.25) is 0 Å². The van der Waals surface area contributed by atoms with Crippen molar-refractivity contribution in [3.05, 3.63) is 71.3 Å². The smallest absolute Gasteiger partial charge is 0.251 e. The van der Waals surface area contributed by atoms with E-state index in [1.807, 2.05) is 18.2 Å². The Bertz CT molecular complexity index is 1300. The van der Waals surface area contributed by atoms with E-state index in [0.29, 0.717) is 34.9 Å². The van der Waals surface area contributed by atoms with E-state index in [-0.39, 0.29) is 17.4 Å². The number of benzene rings is 3. The molecule has 1 heterocycles. The number of nitrogens with two attached hydrogens (primary N) is 1. The zero-order valence-electron chi connectivity index (χ0n) is 17.5. The Morgan fingerprint density at radius 1 is 0.969 bits per heavy atom. The third-order valence-corrected chi connectivity index (χ3v) is 6.12. The van der Waals surface area contributed by atoms with Crippen LogP contribution in [0, 0.1) is 0 Å². The molecule has 0 spiro atoms. The third-order valence-electron chi connectivity index (χ3n) is 5.21. The Hall–Kier alpha value is -3.56. The number of carbonyl (C=O) groups is 1. The fraction of sp³-hybridized carbons (Fsp3) is 0.174. The first-order valence-electron chi connectivity index (χ1n) is 9.73. The minimum Gasteiger partial charge on any atom is -0.493 e. The second-order valence-corrected chi connectivity index (χ2v) is 8.77. The van der Waals surface area contributed by atoms with Crippen LogP contribution < -0.4 is 24.7 Å². The predicted octanol–water partition coefficient (Wildman–Crippen LogP) is 2.84. The number of sulfonamides is 1. The minimum absolute atomic E-state index is 0.00669. The highest BCUT2D eigenvalue weighted by Crippen LogP contribution is 2.45. The molecule has 1 aliphatic heterocycles. The molecule has 1 amide bonds. The zero-order valence-corrected chi connectivity index (χ0v) is 18.4. The average Bonchev–Trinajstić information content (AvgIpc) is 3.16. The minimum atomic E-state index is -3.83. The van der Waals surface area contributed by atoms with Crippen LogP contribution in [0.25, 0.3) is 11.1 Å². The summed E-state index contributed by atoms with van der Waals surface area (Å²) in [4.78, 5) is 11.9. The van der Waals surface area contributed by atoms with Gasteiger partial charge in [-0.25, -0.2) is 13.6 Å². The molecule has 0 radical (unpaired) electrons. The van der Waals surface area contributed by atoms with Crippen molar-refractivity contribution >= 4 is 15.9 Å². The predicted molar refractivity (Wildman–Crippen MR) is 118 cm³/mol. The van der Waals surface area contributed by atoms with E-state index in [4.69, 9.17) is 19.3 Å². The number of methoxy groups -OCH3 is 2. The first kappa shape index (κ1) is 21.7. The van der Waals surface area contributed by atoms with Gasteiger partial charge < -0.3 is 19.5 Å². The van der Waals surface area contributed by atoms with Crippen molar-refractivity contribution in [2.75, 3.05) is 14.2 Å². The molecule has 1 aliphatic rings. The van der Waals surface area contributed by atoms with Gasteiger partial charge in [-0.2, -0.15) is 0 Å². The molecule has 8 nitrogen and oxygen atoms in total. The molecule has 9 heteroatoms. The molecule has 3 aromatic carbocycles. The molecule has 32 heavy (non-hydrogen) atoms. The van der Waals surface area contributed by atoms with Gasteiger partial charge in [0, 0.05) is 17.7 Å². The molecule has 3 aromatic rings. The van der Waals surface area contributed by atoms with Crippen molar-refractivity contribution in [3.63, 3.8) is 0 Å². The lowest BCUT2D eigenvalue weighted by atomic mass is 9.99. The number of ether oxygens (including phenoxy) is 3. The maximum atomic E-state index is 11.9. The van der Waals surface area contributed by atoms with E-state index < -0.39 is 10.0 Å². The van der Waals surface area contributed by atoms with Gasteiger partial charge in [-0.05, 0) is 53.1 Å². The topological polar surface area (TPSA) is 117 Å². The van der Waals surface area contributed by atoms with Gasteiger partial charge in [0.25, 0.3) is 5.91 Å². The van der Waals surface area contributed by atoms with Gasteiger partial charge in [-0.1, -0.05) is 18.2 Å². The molecule has 0 atom stereocenters. The molecule has 0 unspecified atom stereocenters. The molecular formula is C23H22N2O6S. The molecule has 0 saturated carbocycles. The lowest BCUT2D eigenvalue weighted by Crippen LogP contribution is -2.12. The molecule has 166 valence electrons. The highest BCUT2D eigenvalue weighted by atomic mass is 32.2. The summed E-state index contributed by atoms with van der Waals surface area (Å²) >= 11 is 0. The zero-order chi connectivity index (χ0) is 22.9. The molecular weight excluding hydrogens is 432 g/mol. The standard InChI is InChI=1S/C23H22N2O6S/c1-29-20-9-8-18(15-6-7-19-16(11-15)12-25-23(19)26)21(22(20)30-2)31-13-14-4-3-5-17(10-14)32(24,27)28/h3-11H,12-13H2,1-2H3,(H,25,26)(H2,24,27,28). The van der Waals surface area contributed by atoms with E-state index in [9.17, 15) is 13.2 Å². The summed E-state index contributed by atoms with van der Waals surface area (Å²) in [5, 5.41) is 8.05. The average molecular weight is 455 g/mol. The number of primary sulfonamides is 1. The van der Waals surface area contributed by atoms with Crippen molar-refractivity contribution in [1.29, 1.82) is 0 Å². The number of fused-ring (bicyclic) bond motifs is 1. The quantitative estimate of drug-likeness (QED) is 0.567. The van der Waals surface area contributed by atoms with Crippen molar-refractivity contribution < 1.29 is 27.4 Å². The van der Waals surface area contributed by atoms with Gasteiger partial charge in [-0.3, -0.25) is 4.79 Å². The maximum Gasteiger partial charge on any atom is 0.251 e. The van der Waals surface area contributed by atoms with Crippen LogP contribution in [-0.4, -0.2) is 28.5 Å². The van der Waals surface area contributed by atoms with Gasteiger partial charge in [-0.15, -0.1) is 0 Å². The lowest BCUT2D eigenvalue weighted by Gasteiger charge is -2.18. The first-order valence-corrected chi connectivity index (χ1v) is 11.3. The highest BCUT2D eigenvalue weighted by molar-refractivity contribution is 7.89. The first-order chi connectivity index (χ1) is 15.3. The fourth-order valence-electron chi connectivity index (χ4n) is 3.64. The molecule has 3 N–H and O–H groups in total. The van der Waals surface area contributed by atoms with Crippen LogP contribution >= 0.6 is 0 Å². The molecule has 0 fully saturated rings. The summed E-state index contributed by atoms with van der Waals surface area (Å²) in [6.45, 7) is 0.538.